The topological polar surface area (TPSA) is 84.3 Å². The van der Waals surface area contributed by atoms with Gasteiger partial charge < -0.3 is 15.2 Å². The standard InChI is InChI=1S/C11H15N3O3/c1-3-5-8(11(15)16)14-9-6-10(17-4-2)13-7-12-9/h3,6-8H,1,4-5H2,2H3,(H,15,16)(H,12,13,14). The molecule has 6 nitrogen and oxygen atoms in total. The Bertz CT molecular complexity index is 395. The third kappa shape index (κ3) is 4.10. The number of hydrogen-bond acceptors (Lipinski definition) is 5. The van der Waals surface area contributed by atoms with Gasteiger partial charge in [0.05, 0.1) is 6.61 Å². The molecule has 0 aliphatic heterocycles. The third-order valence-electron chi connectivity index (χ3n) is 1.96. The molecule has 0 saturated heterocycles. The molecular weight excluding hydrogens is 222 g/mol. The zero-order valence-corrected chi connectivity index (χ0v) is 9.59. The monoisotopic (exact) mass is 237 g/mol. The minimum absolute atomic E-state index is 0.309. The van der Waals surface area contributed by atoms with E-state index in [1.807, 2.05) is 6.92 Å². The molecule has 1 unspecified atom stereocenters. The van der Waals surface area contributed by atoms with Crippen molar-refractivity contribution in [3.63, 3.8) is 0 Å². The van der Waals surface area contributed by atoms with E-state index in [9.17, 15) is 4.79 Å². The van der Waals surface area contributed by atoms with Gasteiger partial charge in [0.25, 0.3) is 0 Å². The molecule has 1 atom stereocenters. The molecule has 1 aromatic rings. The number of ether oxygens (including phenoxy) is 1. The maximum atomic E-state index is 10.9. The predicted molar refractivity (Wildman–Crippen MR) is 63.1 cm³/mol. The lowest BCUT2D eigenvalue weighted by Gasteiger charge is -2.13. The molecule has 6 heteroatoms. The summed E-state index contributed by atoms with van der Waals surface area (Å²) in [5, 5.41) is 11.7. The van der Waals surface area contributed by atoms with E-state index in [-0.39, 0.29) is 0 Å². The number of aromatic nitrogens is 2. The molecule has 2 N–H and O–H groups in total. The van der Waals surface area contributed by atoms with Gasteiger partial charge in [-0.05, 0) is 13.3 Å². The van der Waals surface area contributed by atoms with Gasteiger partial charge in [0.1, 0.15) is 18.2 Å². The highest BCUT2D eigenvalue weighted by Gasteiger charge is 2.15. The molecule has 1 aromatic heterocycles. The number of rotatable bonds is 7. The fourth-order valence-electron chi connectivity index (χ4n) is 1.21. The molecule has 0 fully saturated rings. The first-order valence-corrected chi connectivity index (χ1v) is 5.22. The minimum atomic E-state index is -0.957. The minimum Gasteiger partial charge on any atom is -0.480 e. The Hall–Kier alpha value is -2.11. The van der Waals surface area contributed by atoms with Crippen LogP contribution in [-0.4, -0.2) is 33.7 Å². The fourth-order valence-corrected chi connectivity index (χ4v) is 1.21. The van der Waals surface area contributed by atoms with Gasteiger partial charge in [-0.3, -0.25) is 0 Å². The van der Waals surface area contributed by atoms with Crippen LogP contribution in [0.1, 0.15) is 13.3 Å². The van der Waals surface area contributed by atoms with Crippen molar-refractivity contribution in [2.24, 2.45) is 0 Å². The number of carboxylic acids is 1. The van der Waals surface area contributed by atoms with E-state index in [0.29, 0.717) is 24.7 Å². The van der Waals surface area contributed by atoms with Crippen molar-refractivity contribution in [3.8, 4) is 5.88 Å². The van der Waals surface area contributed by atoms with Crippen LogP contribution in [0.3, 0.4) is 0 Å². The van der Waals surface area contributed by atoms with Crippen LogP contribution in [0.5, 0.6) is 5.88 Å². The van der Waals surface area contributed by atoms with E-state index < -0.39 is 12.0 Å². The summed E-state index contributed by atoms with van der Waals surface area (Å²) >= 11 is 0. The lowest BCUT2D eigenvalue weighted by molar-refractivity contribution is -0.137. The zero-order chi connectivity index (χ0) is 12.7. The Morgan fingerprint density at radius 3 is 3.06 bits per heavy atom. The summed E-state index contributed by atoms with van der Waals surface area (Å²) in [7, 11) is 0. The normalized spacial score (nSPS) is 11.6. The maximum Gasteiger partial charge on any atom is 0.326 e. The number of aliphatic carboxylic acids is 1. The van der Waals surface area contributed by atoms with Crippen LogP contribution in [0.2, 0.25) is 0 Å². The molecule has 0 spiro atoms. The summed E-state index contributed by atoms with van der Waals surface area (Å²) < 4.78 is 5.19. The van der Waals surface area contributed by atoms with Gasteiger partial charge >= 0.3 is 5.97 Å². The van der Waals surface area contributed by atoms with E-state index in [1.165, 1.54) is 12.4 Å². The highest BCUT2D eigenvalue weighted by atomic mass is 16.5. The summed E-state index contributed by atoms with van der Waals surface area (Å²) in [4.78, 5) is 18.7. The van der Waals surface area contributed by atoms with Crippen molar-refractivity contribution in [2.75, 3.05) is 11.9 Å². The Morgan fingerprint density at radius 2 is 2.47 bits per heavy atom. The van der Waals surface area contributed by atoms with Gasteiger partial charge in [0, 0.05) is 6.07 Å². The average Bonchev–Trinajstić information content (AvgIpc) is 2.29. The smallest absolute Gasteiger partial charge is 0.326 e. The molecule has 1 rings (SSSR count). The molecule has 0 saturated carbocycles. The van der Waals surface area contributed by atoms with Crippen LogP contribution < -0.4 is 10.1 Å². The molecule has 17 heavy (non-hydrogen) atoms. The second-order valence-electron chi connectivity index (χ2n) is 3.23. The van der Waals surface area contributed by atoms with E-state index in [4.69, 9.17) is 9.84 Å². The molecule has 0 amide bonds. The third-order valence-corrected chi connectivity index (χ3v) is 1.96. The van der Waals surface area contributed by atoms with Crippen LogP contribution in [0, 0.1) is 0 Å². The van der Waals surface area contributed by atoms with E-state index in [0.717, 1.165) is 0 Å². The van der Waals surface area contributed by atoms with Gasteiger partial charge in [-0.25, -0.2) is 14.8 Å². The summed E-state index contributed by atoms with van der Waals surface area (Å²) in [5.41, 5.74) is 0. The fraction of sp³-hybridized carbons (Fsp3) is 0.364. The summed E-state index contributed by atoms with van der Waals surface area (Å²) in [6, 6.07) is 0.805. The summed E-state index contributed by atoms with van der Waals surface area (Å²) in [6.45, 7) is 5.84. The van der Waals surface area contributed by atoms with Gasteiger partial charge in [0.15, 0.2) is 0 Å². The van der Waals surface area contributed by atoms with E-state index in [1.54, 1.807) is 6.07 Å². The SMILES string of the molecule is C=CCC(Nc1cc(OCC)ncn1)C(=O)O. The average molecular weight is 237 g/mol. The van der Waals surface area contributed by atoms with Crippen LogP contribution >= 0.6 is 0 Å². The van der Waals surface area contributed by atoms with Gasteiger partial charge in [-0.1, -0.05) is 6.08 Å². The lowest BCUT2D eigenvalue weighted by Crippen LogP contribution is -2.29. The molecule has 0 bridgehead atoms. The zero-order valence-electron chi connectivity index (χ0n) is 9.59. The second kappa shape index (κ2) is 6.47. The van der Waals surface area contributed by atoms with Crippen LogP contribution in [0.15, 0.2) is 25.0 Å². The van der Waals surface area contributed by atoms with Crippen molar-refractivity contribution in [1.29, 1.82) is 0 Å². The molecule has 0 aromatic carbocycles. The maximum absolute atomic E-state index is 10.9. The summed E-state index contributed by atoms with van der Waals surface area (Å²) in [5.74, 6) is -0.132. The number of nitrogens with one attached hydrogen (secondary N) is 1. The van der Waals surface area contributed by atoms with Crippen LogP contribution in [0.25, 0.3) is 0 Å². The van der Waals surface area contributed by atoms with Gasteiger partial charge in [0.2, 0.25) is 5.88 Å². The Balaban J connectivity index is 2.74. The Labute approximate surface area is 99.4 Å². The van der Waals surface area contributed by atoms with Crippen molar-refractivity contribution in [2.45, 2.75) is 19.4 Å². The number of hydrogen-bond donors (Lipinski definition) is 2. The van der Waals surface area contributed by atoms with Crippen molar-refractivity contribution in [3.05, 3.63) is 25.0 Å². The predicted octanol–water partition coefficient (Wildman–Crippen LogP) is 1.32. The molecule has 0 aliphatic carbocycles. The molecular formula is C11H15N3O3. The highest BCUT2D eigenvalue weighted by molar-refractivity contribution is 5.77. The van der Waals surface area contributed by atoms with Crippen molar-refractivity contribution >= 4 is 11.8 Å². The first kappa shape index (κ1) is 13.0. The van der Waals surface area contributed by atoms with Crippen molar-refractivity contribution in [1.82, 2.24) is 9.97 Å². The largest absolute Gasteiger partial charge is 0.480 e. The number of nitrogens with zero attached hydrogens (tertiary/aromatic N) is 2. The molecule has 0 aliphatic rings. The quantitative estimate of drug-likeness (QED) is 0.696. The molecule has 1 heterocycles. The Kier molecular flexibility index (Phi) is 4.93. The van der Waals surface area contributed by atoms with Gasteiger partial charge in [-0.2, -0.15) is 0 Å². The number of carboxylic acid groups (broad SMARTS) is 1. The first-order chi connectivity index (χ1) is 8.17. The number of carbonyl (C=O) groups is 1. The lowest BCUT2D eigenvalue weighted by atomic mass is 10.2. The van der Waals surface area contributed by atoms with Crippen LogP contribution in [-0.2, 0) is 4.79 Å². The highest BCUT2D eigenvalue weighted by Crippen LogP contribution is 2.12. The first-order valence-electron chi connectivity index (χ1n) is 5.22. The van der Waals surface area contributed by atoms with Crippen LogP contribution in [0.4, 0.5) is 5.82 Å². The summed E-state index contributed by atoms with van der Waals surface area (Å²) in [6.07, 6.45) is 3.17. The van der Waals surface area contributed by atoms with Gasteiger partial charge in [-0.15, -0.1) is 6.58 Å². The van der Waals surface area contributed by atoms with E-state index in [2.05, 4.69) is 21.9 Å². The molecule has 0 radical (unpaired) electrons. The molecule has 92 valence electrons. The second-order valence-corrected chi connectivity index (χ2v) is 3.23. The van der Waals surface area contributed by atoms with Crippen molar-refractivity contribution < 1.29 is 14.6 Å². The number of anilines is 1. The van der Waals surface area contributed by atoms with E-state index >= 15 is 0 Å². The Morgan fingerprint density at radius 1 is 1.71 bits per heavy atom.